The van der Waals surface area contributed by atoms with Gasteiger partial charge in [-0.25, -0.2) is 0 Å². The first-order valence-electron chi connectivity index (χ1n) is 8.00. The molecule has 3 aromatic carbocycles. The number of ketones is 1. The number of aryl methyl sites for hydroxylation is 1. The summed E-state index contributed by atoms with van der Waals surface area (Å²) in [6, 6.07) is 21.8. The molecule has 0 unspecified atom stereocenters. The quantitative estimate of drug-likeness (QED) is 0.595. The summed E-state index contributed by atoms with van der Waals surface area (Å²) in [5, 5.41) is 2.28. The van der Waals surface area contributed by atoms with Crippen molar-refractivity contribution in [3.63, 3.8) is 0 Å². The normalized spacial score (nSPS) is 10.7. The zero-order valence-corrected chi connectivity index (χ0v) is 13.3. The van der Waals surface area contributed by atoms with Crippen LogP contribution in [0.3, 0.4) is 0 Å². The molecule has 2 heteroatoms. The molecular formula is C21H20O2. The molecule has 116 valence electrons. The highest BCUT2D eigenvalue weighted by molar-refractivity contribution is 5.97. The van der Waals surface area contributed by atoms with Gasteiger partial charge in [-0.1, -0.05) is 67.9 Å². The summed E-state index contributed by atoms with van der Waals surface area (Å²) < 4.78 is 5.66. The smallest absolute Gasteiger partial charge is 0.200 e. The molecule has 0 amide bonds. The fourth-order valence-electron chi connectivity index (χ4n) is 2.64. The Morgan fingerprint density at radius 1 is 0.913 bits per heavy atom. The Morgan fingerprint density at radius 2 is 1.65 bits per heavy atom. The van der Waals surface area contributed by atoms with E-state index in [2.05, 4.69) is 13.0 Å². The number of hydrogen-bond acceptors (Lipinski definition) is 2. The molecule has 23 heavy (non-hydrogen) atoms. The number of Topliss-reactive ketones (excluding diaryl/α,β-unsaturated/α-hetero) is 1. The zero-order chi connectivity index (χ0) is 16.1. The van der Waals surface area contributed by atoms with Crippen LogP contribution in [0.2, 0.25) is 0 Å². The molecule has 0 aliphatic rings. The van der Waals surface area contributed by atoms with Crippen LogP contribution in [-0.2, 0) is 6.42 Å². The van der Waals surface area contributed by atoms with Crippen LogP contribution < -0.4 is 4.74 Å². The van der Waals surface area contributed by atoms with Crippen molar-refractivity contribution in [3.8, 4) is 5.75 Å². The van der Waals surface area contributed by atoms with E-state index in [4.69, 9.17) is 4.74 Å². The molecule has 0 aliphatic heterocycles. The first-order chi connectivity index (χ1) is 11.3. The monoisotopic (exact) mass is 304 g/mol. The van der Waals surface area contributed by atoms with Crippen molar-refractivity contribution in [1.82, 2.24) is 0 Å². The van der Waals surface area contributed by atoms with Gasteiger partial charge in [0.1, 0.15) is 5.75 Å². The average molecular weight is 304 g/mol. The lowest BCUT2D eigenvalue weighted by Crippen LogP contribution is -2.11. The highest BCUT2D eigenvalue weighted by Crippen LogP contribution is 2.20. The summed E-state index contributed by atoms with van der Waals surface area (Å²) in [6.07, 6.45) is 2.15. The molecule has 3 aromatic rings. The van der Waals surface area contributed by atoms with Gasteiger partial charge in [-0.2, -0.15) is 0 Å². The Kier molecular flexibility index (Phi) is 4.72. The third-order valence-corrected chi connectivity index (χ3v) is 3.91. The molecule has 0 saturated heterocycles. The lowest BCUT2D eigenvalue weighted by Gasteiger charge is -2.07. The number of ether oxygens (including phenoxy) is 1. The Labute approximate surface area is 136 Å². The molecule has 0 spiro atoms. The van der Waals surface area contributed by atoms with E-state index in [0.29, 0.717) is 5.56 Å². The molecule has 0 bridgehead atoms. The first-order valence-corrected chi connectivity index (χ1v) is 8.00. The molecule has 0 atom stereocenters. The van der Waals surface area contributed by atoms with E-state index < -0.39 is 0 Å². The van der Waals surface area contributed by atoms with Gasteiger partial charge in [0.05, 0.1) is 0 Å². The van der Waals surface area contributed by atoms with Crippen LogP contribution in [0.4, 0.5) is 0 Å². The fourth-order valence-corrected chi connectivity index (χ4v) is 2.64. The second kappa shape index (κ2) is 7.10. The first kappa shape index (κ1) is 15.3. The van der Waals surface area contributed by atoms with Gasteiger partial charge >= 0.3 is 0 Å². The highest BCUT2D eigenvalue weighted by Gasteiger charge is 2.07. The second-order valence-electron chi connectivity index (χ2n) is 5.67. The standard InChI is InChI=1S/C21H20O2/c1-2-5-16-8-10-18(11-9-16)21(22)15-23-20-13-12-17-6-3-4-7-19(17)14-20/h3-4,6-14H,2,5,15H2,1H3. The topological polar surface area (TPSA) is 26.3 Å². The summed E-state index contributed by atoms with van der Waals surface area (Å²) in [6.45, 7) is 2.21. The lowest BCUT2D eigenvalue weighted by atomic mass is 10.1. The third kappa shape index (κ3) is 3.78. The molecular weight excluding hydrogens is 284 g/mol. The SMILES string of the molecule is CCCc1ccc(C(=O)COc2ccc3ccccc3c2)cc1. The van der Waals surface area contributed by atoms with Crippen LogP contribution in [0.25, 0.3) is 10.8 Å². The van der Waals surface area contributed by atoms with Crippen molar-refractivity contribution in [2.45, 2.75) is 19.8 Å². The molecule has 0 saturated carbocycles. The van der Waals surface area contributed by atoms with E-state index in [-0.39, 0.29) is 12.4 Å². The van der Waals surface area contributed by atoms with E-state index in [0.717, 1.165) is 29.4 Å². The van der Waals surface area contributed by atoms with Crippen molar-refractivity contribution < 1.29 is 9.53 Å². The van der Waals surface area contributed by atoms with Gasteiger partial charge in [-0.05, 0) is 34.9 Å². The van der Waals surface area contributed by atoms with Crippen LogP contribution in [0.15, 0.2) is 66.7 Å². The van der Waals surface area contributed by atoms with Gasteiger partial charge in [0.2, 0.25) is 0 Å². The summed E-state index contributed by atoms with van der Waals surface area (Å²) >= 11 is 0. The Morgan fingerprint density at radius 3 is 2.39 bits per heavy atom. The molecule has 0 radical (unpaired) electrons. The molecule has 0 N–H and O–H groups in total. The summed E-state index contributed by atoms with van der Waals surface area (Å²) in [5.74, 6) is 0.723. The summed E-state index contributed by atoms with van der Waals surface area (Å²) in [7, 11) is 0. The van der Waals surface area contributed by atoms with E-state index in [1.165, 1.54) is 5.56 Å². The van der Waals surface area contributed by atoms with Crippen molar-refractivity contribution >= 4 is 16.6 Å². The van der Waals surface area contributed by atoms with Gasteiger partial charge in [0.15, 0.2) is 12.4 Å². The minimum absolute atomic E-state index is 0.00112. The van der Waals surface area contributed by atoms with Crippen molar-refractivity contribution in [2.24, 2.45) is 0 Å². The predicted molar refractivity (Wildman–Crippen MR) is 94.2 cm³/mol. The van der Waals surface area contributed by atoms with Crippen LogP contribution in [0, 0.1) is 0 Å². The van der Waals surface area contributed by atoms with E-state index in [9.17, 15) is 4.79 Å². The number of hydrogen-bond donors (Lipinski definition) is 0. The van der Waals surface area contributed by atoms with E-state index >= 15 is 0 Å². The van der Waals surface area contributed by atoms with Crippen molar-refractivity contribution in [1.29, 1.82) is 0 Å². The van der Waals surface area contributed by atoms with Crippen LogP contribution in [0.5, 0.6) is 5.75 Å². The number of fused-ring (bicyclic) bond motifs is 1. The number of carbonyl (C=O) groups excluding carboxylic acids is 1. The summed E-state index contributed by atoms with van der Waals surface area (Å²) in [5.41, 5.74) is 1.96. The van der Waals surface area contributed by atoms with Gasteiger partial charge in [0.25, 0.3) is 0 Å². The predicted octanol–water partition coefficient (Wildman–Crippen LogP) is 5.05. The maximum Gasteiger partial charge on any atom is 0.200 e. The number of rotatable bonds is 6. The zero-order valence-electron chi connectivity index (χ0n) is 13.3. The molecule has 0 aromatic heterocycles. The van der Waals surface area contributed by atoms with E-state index in [1.54, 1.807) is 0 Å². The fraction of sp³-hybridized carbons (Fsp3) is 0.190. The maximum absolute atomic E-state index is 12.2. The average Bonchev–Trinajstić information content (AvgIpc) is 2.60. The molecule has 0 fully saturated rings. The van der Waals surface area contributed by atoms with Crippen molar-refractivity contribution in [3.05, 3.63) is 77.9 Å². The van der Waals surface area contributed by atoms with Crippen molar-refractivity contribution in [2.75, 3.05) is 6.61 Å². The Balaban J connectivity index is 1.65. The number of benzene rings is 3. The Bertz CT molecular complexity index is 803. The molecule has 3 rings (SSSR count). The molecule has 2 nitrogen and oxygen atoms in total. The van der Waals surface area contributed by atoms with Gasteiger partial charge in [0, 0.05) is 5.56 Å². The number of carbonyl (C=O) groups is 1. The van der Waals surface area contributed by atoms with E-state index in [1.807, 2.05) is 60.7 Å². The lowest BCUT2D eigenvalue weighted by molar-refractivity contribution is 0.0921. The molecule has 0 aliphatic carbocycles. The minimum atomic E-state index is 0.00112. The van der Waals surface area contributed by atoms with Gasteiger partial charge in [-0.3, -0.25) is 4.79 Å². The van der Waals surface area contributed by atoms with Crippen LogP contribution >= 0.6 is 0 Å². The third-order valence-electron chi connectivity index (χ3n) is 3.91. The Hall–Kier alpha value is -2.61. The van der Waals surface area contributed by atoms with Gasteiger partial charge in [-0.15, -0.1) is 0 Å². The van der Waals surface area contributed by atoms with Crippen LogP contribution in [0.1, 0.15) is 29.3 Å². The minimum Gasteiger partial charge on any atom is -0.485 e. The molecule has 0 heterocycles. The largest absolute Gasteiger partial charge is 0.485 e. The maximum atomic E-state index is 12.2. The summed E-state index contributed by atoms with van der Waals surface area (Å²) in [4.78, 5) is 12.2. The second-order valence-corrected chi connectivity index (χ2v) is 5.67. The highest BCUT2D eigenvalue weighted by atomic mass is 16.5. The van der Waals surface area contributed by atoms with Crippen LogP contribution in [-0.4, -0.2) is 12.4 Å². The van der Waals surface area contributed by atoms with Gasteiger partial charge < -0.3 is 4.74 Å².